The first-order chi connectivity index (χ1) is 12.0. The quantitative estimate of drug-likeness (QED) is 0.857. The third-order valence-corrected chi connectivity index (χ3v) is 4.02. The molecule has 1 aliphatic heterocycles. The van der Waals surface area contributed by atoms with Gasteiger partial charge < -0.3 is 14.8 Å². The van der Waals surface area contributed by atoms with Crippen molar-refractivity contribution in [1.29, 1.82) is 0 Å². The van der Waals surface area contributed by atoms with Crippen molar-refractivity contribution >= 4 is 5.91 Å². The van der Waals surface area contributed by atoms with Gasteiger partial charge in [0.15, 0.2) is 5.79 Å². The summed E-state index contributed by atoms with van der Waals surface area (Å²) < 4.78 is 11.5. The molecule has 0 unspecified atom stereocenters. The fourth-order valence-electron chi connectivity index (χ4n) is 2.63. The van der Waals surface area contributed by atoms with Gasteiger partial charge in [0.2, 0.25) is 0 Å². The van der Waals surface area contributed by atoms with Crippen LogP contribution in [0.4, 0.5) is 0 Å². The van der Waals surface area contributed by atoms with Crippen molar-refractivity contribution in [1.82, 2.24) is 5.32 Å². The normalized spacial score (nSPS) is 18.3. The van der Waals surface area contributed by atoms with Crippen LogP contribution in [0.2, 0.25) is 0 Å². The van der Waals surface area contributed by atoms with Crippen molar-refractivity contribution in [2.24, 2.45) is 0 Å². The molecule has 2 aromatic rings. The van der Waals surface area contributed by atoms with Crippen LogP contribution in [0.25, 0.3) is 0 Å². The molecule has 4 nitrogen and oxygen atoms in total. The van der Waals surface area contributed by atoms with E-state index in [1.807, 2.05) is 50.2 Å². The number of carbonyl (C=O) groups excluding carboxylic acids is 1. The molecule has 1 amide bonds. The smallest absolute Gasteiger partial charge is 0.251 e. The van der Waals surface area contributed by atoms with Crippen LogP contribution in [-0.2, 0) is 9.47 Å². The summed E-state index contributed by atoms with van der Waals surface area (Å²) >= 11 is 0. The van der Waals surface area contributed by atoms with Crippen LogP contribution in [-0.4, -0.2) is 25.3 Å². The fraction of sp³-hybridized carbons (Fsp3) is 0.286. The number of benzene rings is 2. The van der Waals surface area contributed by atoms with E-state index in [1.54, 1.807) is 19.2 Å². The van der Waals surface area contributed by atoms with E-state index in [9.17, 15) is 4.79 Å². The van der Waals surface area contributed by atoms with Gasteiger partial charge in [-0.1, -0.05) is 24.0 Å². The average Bonchev–Trinajstić information content (AvgIpc) is 3.00. The summed E-state index contributed by atoms with van der Waals surface area (Å²) in [6.07, 6.45) is -0.0331. The molecular formula is C21H21NO3. The zero-order chi connectivity index (χ0) is 17.9. The monoisotopic (exact) mass is 335 g/mol. The number of carbonyl (C=O) groups is 1. The highest BCUT2D eigenvalue weighted by Crippen LogP contribution is 2.32. The highest BCUT2D eigenvalue weighted by atomic mass is 16.7. The molecule has 4 heteroatoms. The Morgan fingerprint density at radius 1 is 1.04 bits per heavy atom. The molecule has 0 bridgehead atoms. The molecule has 1 heterocycles. The van der Waals surface area contributed by atoms with Crippen LogP contribution >= 0.6 is 0 Å². The molecule has 0 aliphatic carbocycles. The summed E-state index contributed by atoms with van der Waals surface area (Å²) in [6.45, 7) is 4.40. The predicted octanol–water partition coefficient (Wildman–Crippen LogP) is 3.27. The highest BCUT2D eigenvalue weighted by Gasteiger charge is 2.33. The number of amides is 1. The van der Waals surface area contributed by atoms with Crippen molar-refractivity contribution in [2.45, 2.75) is 25.7 Å². The SMILES string of the molecule is CNC(=O)c1ccc(C#Cc2ccc([C@H]3COC(C)(C)O3)cc2)cc1. The van der Waals surface area contributed by atoms with Crippen molar-refractivity contribution in [2.75, 3.05) is 13.7 Å². The zero-order valence-electron chi connectivity index (χ0n) is 14.6. The second-order valence-corrected chi connectivity index (χ2v) is 6.35. The minimum atomic E-state index is -0.524. The van der Waals surface area contributed by atoms with E-state index < -0.39 is 5.79 Å². The number of nitrogens with one attached hydrogen (secondary N) is 1. The Morgan fingerprint density at radius 3 is 2.08 bits per heavy atom. The fourth-order valence-corrected chi connectivity index (χ4v) is 2.63. The van der Waals surface area contributed by atoms with Crippen molar-refractivity contribution in [3.8, 4) is 11.8 Å². The van der Waals surface area contributed by atoms with Gasteiger partial charge in [-0.3, -0.25) is 4.79 Å². The number of hydrogen-bond acceptors (Lipinski definition) is 3. The molecule has 1 saturated heterocycles. The van der Waals surface area contributed by atoms with Gasteiger partial charge in [-0.15, -0.1) is 0 Å². The van der Waals surface area contributed by atoms with E-state index in [4.69, 9.17) is 9.47 Å². The Labute approximate surface area is 148 Å². The molecule has 128 valence electrons. The molecule has 0 aromatic heterocycles. The molecule has 1 aliphatic rings. The first-order valence-corrected chi connectivity index (χ1v) is 8.23. The maximum Gasteiger partial charge on any atom is 0.251 e. The molecule has 1 N–H and O–H groups in total. The first-order valence-electron chi connectivity index (χ1n) is 8.23. The second kappa shape index (κ2) is 7.10. The Morgan fingerprint density at radius 2 is 1.60 bits per heavy atom. The molecule has 0 radical (unpaired) electrons. The van der Waals surface area contributed by atoms with Gasteiger partial charge in [-0.25, -0.2) is 0 Å². The van der Waals surface area contributed by atoms with E-state index in [0.717, 1.165) is 16.7 Å². The molecule has 25 heavy (non-hydrogen) atoms. The Hall–Kier alpha value is -2.61. The van der Waals surface area contributed by atoms with Gasteiger partial charge in [-0.2, -0.15) is 0 Å². The van der Waals surface area contributed by atoms with Crippen molar-refractivity contribution in [3.05, 3.63) is 70.8 Å². The minimum Gasteiger partial charge on any atom is -0.355 e. The largest absolute Gasteiger partial charge is 0.355 e. The molecule has 0 saturated carbocycles. The van der Waals surface area contributed by atoms with Gasteiger partial charge in [0.05, 0.1) is 6.61 Å². The maximum atomic E-state index is 11.5. The molecule has 2 aromatic carbocycles. The third-order valence-electron chi connectivity index (χ3n) is 4.02. The number of rotatable bonds is 2. The predicted molar refractivity (Wildman–Crippen MR) is 96.1 cm³/mol. The Kier molecular flexibility index (Phi) is 4.89. The minimum absolute atomic E-state index is 0.0331. The van der Waals surface area contributed by atoms with Crippen LogP contribution in [0, 0.1) is 11.8 Å². The van der Waals surface area contributed by atoms with Crippen molar-refractivity contribution in [3.63, 3.8) is 0 Å². The lowest BCUT2D eigenvalue weighted by Crippen LogP contribution is -2.19. The molecule has 1 fully saturated rings. The highest BCUT2D eigenvalue weighted by molar-refractivity contribution is 5.94. The summed E-state index contributed by atoms with van der Waals surface area (Å²) in [6, 6.07) is 15.2. The van der Waals surface area contributed by atoms with E-state index in [0.29, 0.717) is 12.2 Å². The summed E-state index contributed by atoms with van der Waals surface area (Å²) in [5.74, 6) is 5.62. The zero-order valence-corrected chi connectivity index (χ0v) is 14.6. The lowest BCUT2D eigenvalue weighted by molar-refractivity contribution is -0.139. The van der Waals surface area contributed by atoms with Crippen LogP contribution in [0.3, 0.4) is 0 Å². The lowest BCUT2D eigenvalue weighted by Gasteiger charge is -2.17. The van der Waals surface area contributed by atoms with Crippen molar-refractivity contribution < 1.29 is 14.3 Å². The lowest BCUT2D eigenvalue weighted by atomic mass is 10.1. The standard InChI is InChI=1S/C21H21NO3/c1-21(2)24-14-19(25-21)17-10-6-15(7-11-17)4-5-16-8-12-18(13-9-16)20(23)22-3/h6-13,19H,14H2,1-3H3,(H,22,23)/t19-/m1/s1. The molecule has 3 rings (SSSR count). The number of hydrogen-bond donors (Lipinski definition) is 1. The topological polar surface area (TPSA) is 47.6 Å². The van der Waals surface area contributed by atoms with Crippen LogP contribution in [0.5, 0.6) is 0 Å². The van der Waals surface area contributed by atoms with Crippen LogP contribution in [0.15, 0.2) is 48.5 Å². The summed E-state index contributed by atoms with van der Waals surface area (Å²) in [4.78, 5) is 11.5. The van der Waals surface area contributed by atoms with E-state index in [-0.39, 0.29) is 12.0 Å². The van der Waals surface area contributed by atoms with E-state index in [2.05, 4.69) is 17.2 Å². The van der Waals surface area contributed by atoms with E-state index >= 15 is 0 Å². The van der Waals surface area contributed by atoms with Gasteiger partial charge >= 0.3 is 0 Å². The summed E-state index contributed by atoms with van der Waals surface area (Å²) in [7, 11) is 1.61. The van der Waals surface area contributed by atoms with Gasteiger partial charge in [0.25, 0.3) is 5.91 Å². The van der Waals surface area contributed by atoms with Gasteiger partial charge in [0.1, 0.15) is 6.10 Å². The third kappa shape index (κ3) is 4.27. The summed E-state index contributed by atoms with van der Waals surface area (Å²) in [5.41, 5.74) is 3.51. The maximum absolute atomic E-state index is 11.5. The first kappa shape index (κ1) is 17.2. The van der Waals surface area contributed by atoms with Gasteiger partial charge in [-0.05, 0) is 55.8 Å². The van der Waals surface area contributed by atoms with Crippen LogP contribution < -0.4 is 5.32 Å². The van der Waals surface area contributed by atoms with Gasteiger partial charge in [0, 0.05) is 23.7 Å². The Balaban J connectivity index is 1.68. The summed E-state index contributed by atoms with van der Waals surface area (Å²) in [5, 5.41) is 2.60. The second-order valence-electron chi connectivity index (χ2n) is 6.35. The number of ether oxygens (including phenoxy) is 2. The molecular weight excluding hydrogens is 314 g/mol. The Bertz CT molecular complexity index is 811. The molecule has 1 atom stereocenters. The average molecular weight is 335 g/mol. The van der Waals surface area contributed by atoms with Crippen LogP contribution in [0.1, 0.15) is 47.0 Å². The molecule has 0 spiro atoms. The van der Waals surface area contributed by atoms with E-state index in [1.165, 1.54) is 0 Å².